The van der Waals surface area contributed by atoms with E-state index in [9.17, 15) is 0 Å². The second kappa shape index (κ2) is 7.87. The van der Waals surface area contributed by atoms with Gasteiger partial charge in [0.25, 0.3) is 0 Å². The monoisotopic (exact) mass is 389 g/mol. The van der Waals surface area contributed by atoms with Crippen LogP contribution < -0.4 is 4.90 Å². The van der Waals surface area contributed by atoms with Crippen LogP contribution >= 0.6 is 22.9 Å². The number of likely N-dealkylation sites (N-methyl/N-ethyl adjacent to an activating group) is 1. The summed E-state index contributed by atoms with van der Waals surface area (Å²) in [5.74, 6) is 0. The number of aromatic nitrogens is 1. The van der Waals surface area contributed by atoms with E-state index in [1.54, 1.807) is 0 Å². The zero-order valence-electron chi connectivity index (χ0n) is 15.6. The lowest BCUT2D eigenvalue weighted by molar-refractivity contribution is 0.340. The van der Waals surface area contributed by atoms with Gasteiger partial charge in [0, 0.05) is 35.5 Å². The highest BCUT2D eigenvalue weighted by molar-refractivity contribution is 7.13. The summed E-state index contributed by atoms with van der Waals surface area (Å²) in [5, 5.41) is 4.34. The zero-order valence-corrected chi connectivity index (χ0v) is 17.2. The second-order valence-corrected chi connectivity index (χ2v) is 9.08. The number of benzene rings is 1. The van der Waals surface area contributed by atoms with Gasteiger partial charge in [-0.05, 0) is 50.6 Å². The van der Waals surface area contributed by atoms with E-state index in [4.69, 9.17) is 16.6 Å². The molecule has 0 spiro atoms. The van der Waals surface area contributed by atoms with Crippen molar-refractivity contribution in [3.8, 4) is 0 Å². The summed E-state index contributed by atoms with van der Waals surface area (Å²) in [6.45, 7) is 4.50. The third-order valence-corrected chi connectivity index (χ3v) is 7.23. The largest absolute Gasteiger partial charge is 0.347 e. The predicted molar refractivity (Wildman–Crippen MR) is 112 cm³/mol. The molecule has 1 aromatic heterocycles. The van der Waals surface area contributed by atoms with Crippen LogP contribution in [0.5, 0.6) is 0 Å². The summed E-state index contributed by atoms with van der Waals surface area (Å²) < 4.78 is 0. The van der Waals surface area contributed by atoms with E-state index in [0.29, 0.717) is 0 Å². The standard InChI is InChI=1S/C21H28ClN3S/c1-24-12-5-13-25(15-14-24)20-23-19(16-26-20)21(10-3-2-4-11-21)17-6-8-18(22)9-7-17/h6-9,16H,2-5,10-15H2,1H3. The molecule has 2 heterocycles. The Kier molecular flexibility index (Phi) is 5.53. The van der Waals surface area contributed by atoms with Crippen molar-refractivity contribution in [3.63, 3.8) is 0 Å². The highest BCUT2D eigenvalue weighted by atomic mass is 35.5. The Hall–Kier alpha value is -1.10. The summed E-state index contributed by atoms with van der Waals surface area (Å²) in [6, 6.07) is 8.50. The van der Waals surface area contributed by atoms with Crippen molar-refractivity contribution < 1.29 is 0 Å². The lowest BCUT2D eigenvalue weighted by Crippen LogP contribution is -2.32. The summed E-state index contributed by atoms with van der Waals surface area (Å²) >= 11 is 7.98. The normalized spacial score (nSPS) is 21.5. The molecule has 0 radical (unpaired) electrons. The average Bonchev–Trinajstić information content (AvgIpc) is 3.06. The van der Waals surface area contributed by atoms with Crippen molar-refractivity contribution in [1.82, 2.24) is 9.88 Å². The Morgan fingerprint density at radius 2 is 1.73 bits per heavy atom. The van der Waals surface area contributed by atoms with Gasteiger partial charge in [-0.3, -0.25) is 0 Å². The Morgan fingerprint density at radius 3 is 2.50 bits per heavy atom. The molecule has 2 aliphatic rings. The van der Waals surface area contributed by atoms with Crippen LogP contribution in [0.2, 0.25) is 5.02 Å². The fourth-order valence-corrected chi connectivity index (χ4v) is 5.59. The maximum absolute atomic E-state index is 6.15. The number of anilines is 1. The molecule has 26 heavy (non-hydrogen) atoms. The molecule has 0 amide bonds. The van der Waals surface area contributed by atoms with E-state index >= 15 is 0 Å². The molecule has 0 atom stereocenters. The first-order chi connectivity index (χ1) is 12.7. The van der Waals surface area contributed by atoms with E-state index in [0.717, 1.165) is 24.7 Å². The van der Waals surface area contributed by atoms with Gasteiger partial charge < -0.3 is 9.80 Å². The van der Waals surface area contributed by atoms with E-state index in [1.165, 1.54) is 61.5 Å². The molecule has 3 nitrogen and oxygen atoms in total. The van der Waals surface area contributed by atoms with Crippen LogP contribution in [-0.2, 0) is 5.41 Å². The highest BCUT2D eigenvalue weighted by Crippen LogP contribution is 2.46. The van der Waals surface area contributed by atoms with Crippen LogP contribution in [0, 0.1) is 0 Å². The van der Waals surface area contributed by atoms with E-state index in [1.807, 2.05) is 23.5 Å². The van der Waals surface area contributed by atoms with Gasteiger partial charge in [0.2, 0.25) is 0 Å². The highest BCUT2D eigenvalue weighted by Gasteiger charge is 2.38. The lowest BCUT2D eigenvalue weighted by atomic mass is 9.67. The number of nitrogens with zero attached hydrogens (tertiary/aromatic N) is 3. The molecular formula is C21H28ClN3S. The van der Waals surface area contributed by atoms with Crippen molar-refractivity contribution in [1.29, 1.82) is 0 Å². The maximum atomic E-state index is 6.15. The van der Waals surface area contributed by atoms with Gasteiger partial charge >= 0.3 is 0 Å². The van der Waals surface area contributed by atoms with Gasteiger partial charge in [-0.1, -0.05) is 43.0 Å². The number of hydrogen-bond acceptors (Lipinski definition) is 4. The molecule has 4 rings (SSSR count). The Bertz CT molecular complexity index is 721. The van der Waals surface area contributed by atoms with Crippen LogP contribution in [0.1, 0.15) is 49.8 Å². The summed E-state index contributed by atoms with van der Waals surface area (Å²) in [6.07, 6.45) is 7.51. The molecule has 0 unspecified atom stereocenters. The quantitative estimate of drug-likeness (QED) is 0.720. The fourth-order valence-electron chi connectivity index (χ4n) is 4.48. The molecule has 1 saturated heterocycles. The molecule has 1 aliphatic heterocycles. The number of hydrogen-bond donors (Lipinski definition) is 0. The zero-order chi connectivity index (χ0) is 18.0. The molecule has 1 aliphatic carbocycles. The van der Waals surface area contributed by atoms with Crippen molar-refractivity contribution in [2.24, 2.45) is 0 Å². The maximum Gasteiger partial charge on any atom is 0.185 e. The van der Waals surface area contributed by atoms with E-state index < -0.39 is 0 Å². The number of rotatable bonds is 3. The number of thiazole rings is 1. The summed E-state index contributed by atoms with van der Waals surface area (Å²) in [4.78, 5) is 10.1. The molecule has 2 aromatic rings. The molecule has 140 valence electrons. The SMILES string of the molecule is CN1CCCN(c2nc(C3(c4ccc(Cl)cc4)CCCCC3)cs2)CC1. The van der Waals surface area contributed by atoms with Crippen molar-refractivity contribution in [2.75, 3.05) is 38.1 Å². The molecule has 1 aromatic carbocycles. The van der Waals surface area contributed by atoms with Gasteiger partial charge in [0.15, 0.2) is 5.13 Å². The summed E-state index contributed by atoms with van der Waals surface area (Å²) in [5.41, 5.74) is 2.73. The third-order valence-electron chi connectivity index (χ3n) is 6.08. The van der Waals surface area contributed by atoms with Gasteiger partial charge in [-0.2, -0.15) is 0 Å². The molecular weight excluding hydrogens is 362 g/mol. The Labute approximate surface area is 166 Å². The minimum Gasteiger partial charge on any atom is -0.347 e. The van der Waals surface area contributed by atoms with Crippen LogP contribution in [0.15, 0.2) is 29.6 Å². The van der Waals surface area contributed by atoms with Gasteiger partial charge in [-0.15, -0.1) is 11.3 Å². The van der Waals surface area contributed by atoms with Crippen molar-refractivity contribution >= 4 is 28.1 Å². The predicted octanol–water partition coefficient (Wildman–Crippen LogP) is 5.19. The average molecular weight is 390 g/mol. The van der Waals surface area contributed by atoms with Crippen LogP contribution in [0.25, 0.3) is 0 Å². The van der Waals surface area contributed by atoms with E-state index in [-0.39, 0.29) is 5.41 Å². The molecule has 0 bridgehead atoms. The van der Waals surface area contributed by atoms with Gasteiger partial charge in [0.05, 0.1) is 5.69 Å². The Morgan fingerprint density at radius 1 is 0.962 bits per heavy atom. The van der Waals surface area contributed by atoms with Crippen LogP contribution in [0.3, 0.4) is 0 Å². The third kappa shape index (κ3) is 3.64. The molecule has 0 N–H and O–H groups in total. The van der Waals surface area contributed by atoms with Gasteiger partial charge in [-0.25, -0.2) is 4.98 Å². The van der Waals surface area contributed by atoms with Crippen LogP contribution in [-0.4, -0.2) is 43.1 Å². The Balaban J connectivity index is 1.64. The topological polar surface area (TPSA) is 19.4 Å². The smallest absolute Gasteiger partial charge is 0.185 e. The summed E-state index contributed by atoms with van der Waals surface area (Å²) in [7, 11) is 2.22. The lowest BCUT2D eigenvalue weighted by Gasteiger charge is -2.36. The molecule has 1 saturated carbocycles. The molecule has 2 fully saturated rings. The minimum absolute atomic E-state index is 0.0697. The first-order valence-corrected chi connectivity index (χ1v) is 11.1. The van der Waals surface area contributed by atoms with Crippen molar-refractivity contribution in [2.45, 2.75) is 43.9 Å². The first kappa shape index (κ1) is 18.3. The van der Waals surface area contributed by atoms with Gasteiger partial charge in [0.1, 0.15) is 0 Å². The van der Waals surface area contributed by atoms with Crippen molar-refractivity contribution in [3.05, 3.63) is 45.9 Å². The first-order valence-electron chi connectivity index (χ1n) is 9.83. The minimum atomic E-state index is 0.0697. The van der Waals surface area contributed by atoms with Crippen LogP contribution in [0.4, 0.5) is 5.13 Å². The van der Waals surface area contributed by atoms with E-state index in [2.05, 4.69) is 34.4 Å². The fraction of sp³-hybridized carbons (Fsp3) is 0.571. The second-order valence-electron chi connectivity index (χ2n) is 7.81. The molecule has 5 heteroatoms. The number of halogens is 1.